The van der Waals surface area contributed by atoms with Crippen LogP contribution < -0.4 is 4.74 Å². The summed E-state index contributed by atoms with van der Waals surface area (Å²) in [5.41, 5.74) is -1.74. The Morgan fingerprint density at radius 3 is 0.982 bits per heavy atom. The first-order valence-corrected chi connectivity index (χ1v) is 17.0. The molecule has 0 saturated carbocycles. The van der Waals surface area contributed by atoms with E-state index in [-0.39, 0.29) is 47.9 Å². The van der Waals surface area contributed by atoms with Crippen molar-refractivity contribution in [3.63, 3.8) is 0 Å². The molecule has 0 spiro atoms. The van der Waals surface area contributed by atoms with Crippen LogP contribution in [0.1, 0.15) is 113 Å². The first-order chi connectivity index (χ1) is 26.7. The number of Topliss-reactive ketones (excluding diaryl/α,β-unsaturated/α-hetero) is 4. The highest BCUT2D eigenvalue weighted by Gasteiger charge is 2.27. The molecule has 4 N–H and O–H groups in total. The molecule has 5 aromatic rings. The van der Waals surface area contributed by atoms with Gasteiger partial charge in [-0.1, -0.05) is 61.5 Å². The van der Waals surface area contributed by atoms with Crippen molar-refractivity contribution in [3.05, 3.63) is 164 Å². The number of hydrogen-bond donors (Lipinski definition) is 4. The quantitative estimate of drug-likeness (QED) is 0.0693. The highest BCUT2D eigenvalue weighted by atomic mass is 16.5. The predicted octanol–water partition coefficient (Wildman–Crippen LogP) is 7.14. The molecule has 5 rings (SSSR count). The molecular formula is C43H32O13. The van der Waals surface area contributed by atoms with E-state index in [1.165, 1.54) is 6.92 Å². The van der Waals surface area contributed by atoms with Crippen molar-refractivity contribution in [2.45, 2.75) is 32.6 Å². The van der Waals surface area contributed by atoms with Gasteiger partial charge in [-0.25, -0.2) is 19.2 Å². The molecule has 0 aliphatic carbocycles. The second kappa shape index (κ2) is 17.1. The molecule has 0 unspecified atom stereocenters. The van der Waals surface area contributed by atoms with Gasteiger partial charge in [0.15, 0.2) is 23.1 Å². The number of hydrogen-bond acceptors (Lipinski definition) is 9. The van der Waals surface area contributed by atoms with E-state index in [0.717, 1.165) is 24.3 Å². The van der Waals surface area contributed by atoms with Crippen LogP contribution in [0.4, 0.5) is 0 Å². The summed E-state index contributed by atoms with van der Waals surface area (Å²) in [6, 6.07) is 24.7. The van der Waals surface area contributed by atoms with E-state index in [0.29, 0.717) is 28.2 Å². The first-order valence-electron chi connectivity index (χ1n) is 17.0. The summed E-state index contributed by atoms with van der Waals surface area (Å²) in [7, 11) is 0. The van der Waals surface area contributed by atoms with Gasteiger partial charge in [0, 0.05) is 47.9 Å². The second-order valence-corrected chi connectivity index (χ2v) is 12.6. The van der Waals surface area contributed by atoms with Gasteiger partial charge in [-0.2, -0.15) is 0 Å². The molecule has 0 aliphatic heterocycles. The molecule has 0 atom stereocenters. The fourth-order valence-corrected chi connectivity index (χ4v) is 5.94. The van der Waals surface area contributed by atoms with E-state index in [4.69, 9.17) is 4.74 Å². The maximum atomic E-state index is 13.4. The molecule has 0 aromatic heterocycles. The molecule has 0 bridgehead atoms. The number of ether oxygens (including phenoxy) is 1. The lowest BCUT2D eigenvalue weighted by atomic mass is 9.90. The van der Waals surface area contributed by atoms with Crippen molar-refractivity contribution in [3.8, 4) is 11.5 Å². The number of ketones is 4. The average molecular weight is 757 g/mol. The number of benzene rings is 5. The summed E-state index contributed by atoms with van der Waals surface area (Å²) < 4.78 is 5.87. The molecule has 56 heavy (non-hydrogen) atoms. The van der Waals surface area contributed by atoms with E-state index >= 15 is 0 Å². The Bertz CT molecular complexity index is 2410. The molecule has 13 heteroatoms. The lowest BCUT2D eigenvalue weighted by Gasteiger charge is -2.12. The molecule has 0 amide bonds. The van der Waals surface area contributed by atoms with Gasteiger partial charge in [0.25, 0.3) is 0 Å². The Kier molecular flexibility index (Phi) is 12.1. The normalized spacial score (nSPS) is 10.7. The number of carbonyl (C=O) groups excluding carboxylic acids is 4. The Morgan fingerprint density at radius 1 is 0.393 bits per heavy atom. The van der Waals surface area contributed by atoms with Crippen LogP contribution in [0.15, 0.2) is 103 Å². The number of rotatable bonds is 17. The first kappa shape index (κ1) is 39.7. The van der Waals surface area contributed by atoms with Crippen LogP contribution in [0.3, 0.4) is 0 Å². The van der Waals surface area contributed by atoms with Gasteiger partial charge in [0.05, 0.1) is 22.3 Å². The summed E-state index contributed by atoms with van der Waals surface area (Å²) in [6.45, 7) is 1.51. The van der Waals surface area contributed by atoms with E-state index in [2.05, 4.69) is 0 Å². The zero-order chi connectivity index (χ0) is 40.7. The zero-order valence-corrected chi connectivity index (χ0v) is 29.6. The second-order valence-electron chi connectivity index (χ2n) is 12.6. The third kappa shape index (κ3) is 9.15. The van der Waals surface area contributed by atoms with Gasteiger partial charge in [-0.3, -0.25) is 19.2 Å². The minimum absolute atomic E-state index is 0.0549. The molecule has 0 fully saturated rings. The number of carbonyl (C=O) groups is 8. The molecule has 0 saturated heterocycles. The van der Waals surface area contributed by atoms with Gasteiger partial charge in [0.1, 0.15) is 11.5 Å². The Labute approximate surface area is 318 Å². The van der Waals surface area contributed by atoms with Crippen LogP contribution in [0.2, 0.25) is 0 Å². The highest BCUT2D eigenvalue weighted by Crippen LogP contribution is 2.26. The number of carboxylic acid groups (broad SMARTS) is 4. The van der Waals surface area contributed by atoms with Crippen LogP contribution >= 0.6 is 0 Å². The minimum Gasteiger partial charge on any atom is -0.478 e. The molecule has 0 radical (unpaired) electrons. The van der Waals surface area contributed by atoms with Crippen molar-refractivity contribution in [1.29, 1.82) is 0 Å². The molecule has 0 aliphatic rings. The van der Waals surface area contributed by atoms with E-state index in [1.54, 1.807) is 78.9 Å². The molecule has 13 nitrogen and oxygen atoms in total. The Balaban J connectivity index is 1.29. The maximum Gasteiger partial charge on any atom is 0.336 e. The van der Waals surface area contributed by atoms with E-state index in [9.17, 15) is 58.8 Å². The lowest BCUT2D eigenvalue weighted by molar-refractivity contribution is 0.0672. The highest BCUT2D eigenvalue weighted by molar-refractivity contribution is 6.14. The summed E-state index contributed by atoms with van der Waals surface area (Å²) in [6.07, 6.45) is -0.759. The molecule has 282 valence electrons. The summed E-state index contributed by atoms with van der Waals surface area (Å²) in [4.78, 5) is 99.9. The van der Waals surface area contributed by atoms with Crippen molar-refractivity contribution in [2.75, 3.05) is 0 Å². The average Bonchev–Trinajstić information content (AvgIpc) is 3.18. The van der Waals surface area contributed by atoms with Crippen molar-refractivity contribution >= 4 is 47.0 Å². The Hall–Kier alpha value is -7.54. The lowest BCUT2D eigenvalue weighted by Crippen LogP contribution is -2.18. The topological polar surface area (TPSA) is 227 Å². The van der Waals surface area contributed by atoms with Gasteiger partial charge in [0.2, 0.25) is 0 Å². The van der Waals surface area contributed by atoms with E-state index in [1.807, 2.05) is 0 Å². The smallest absolute Gasteiger partial charge is 0.336 e. The van der Waals surface area contributed by atoms with Crippen LogP contribution in [0.25, 0.3) is 0 Å². The maximum absolute atomic E-state index is 13.4. The van der Waals surface area contributed by atoms with E-state index < -0.39 is 69.3 Å². The zero-order valence-electron chi connectivity index (χ0n) is 29.6. The fourth-order valence-electron chi connectivity index (χ4n) is 5.94. The fraction of sp³-hybridized carbons (Fsp3) is 0.116. The van der Waals surface area contributed by atoms with Crippen LogP contribution in [0, 0.1) is 0 Å². The summed E-state index contributed by atoms with van der Waals surface area (Å²) >= 11 is 0. The summed E-state index contributed by atoms with van der Waals surface area (Å²) in [5.74, 6) is -7.82. The standard InChI is InChI=1S/C43H32O13/c1-2-36(44)28-19-29(33(41(50)51)21-32(28)40(48)49)38(46)17-24-8-12-26(13-9-24)56-27-14-10-25(11-15-27)18-39(47)31-20-30(34(42(52)53)22-35(31)43(54)55)37(45)16-23-6-4-3-5-7-23/h3-15,19-22H,2,16-18H2,1H3,(H,48,49)(H,50,51)(H,52,53)(H,54,55). The van der Waals surface area contributed by atoms with Gasteiger partial charge in [-0.15, -0.1) is 0 Å². The monoisotopic (exact) mass is 756 g/mol. The van der Waals surface area contributed by atoms with Gasteiger partial charge in [-0.05, 0) is 65.2 Å². The third-order valence-electron chi connectivity index (χ3n) is 8.78. The van der Waals surface area contributed by atoms with Crippen LogP contribution in [-0.2, 0) is 19.3 Å². The molecule has 5 aromatic carbocycles. The summed E-state index contributed by atoms with van der Waals surface area (Å²) in [5, 5.41) is 38.8. The Morgan fingerprint density at radius 2 is 0.679 bits per heavy atom. The van der Waals surface area contributed by atoms with Crippen molar-refractivity contribution in [2.24, 2.45) is 0 Å². The predicted molar refractivity (Wildman–Crippen MR) is 199 cm³/mol. The molecular weight excluding hydrogens is 724 g/mol. The van der Waals surface area contributed by atoms with Crippen LogP contribution in [0.5, 0.6) is 11.5 Å². The third-order valence-corrected chi connectivity index (χ3v) is 8.78. The number of aromatic carboxylic acids is 4. The minimum atomic E-state index is -1.53. The molecule has 0 heterocycles. The van der Waals surface area contributed by atoms with Gasteiger partial charge >= 0.3 is 23.9 Å². The van der Waals surface area contributed by atoms with Crippen molar-refractivity contribution < 1.29 is 63.5 Å². The largest absolute Gasteiger partial charge is 0.478 e. The van der Waals surface area contributed by atoms with Crippen molar-refractivity contribution in [1.82, 2.24) is 0 Å². The van der Waals surface area contributed by atoms with Gasteiger partial charge < -0.3 is 25.2 Å². The number of carboxylic acids is 4. The van der Waals surface area contributed by atoms with Crippen LogP contribution in [-0.4, -0.2) is 67.4 Å². The SMILES string of the molecule is CCC(=O)c1cc(C(=O)Cc2ccc(Oc3ccc(CC(=O)c4cc(C(=O)Cc5ccccc5)c(C(=O)O)cc4C(=O)O)cc3)cc2)c(C(=O)O)cc1C(=O)O.